The normalized spacial score (nSPS) is 10.7. The zero-order valence-corrected chi connectivity index (χ0v) is 10.6. The van der Waals surface area contributed by atoms with Gasteiger partial charge in [0.2, 0.25) is 5.88 Å². The maximum atomic E-state index is 10.8. The van der Waals surface area contributed by atoms with Crippen molar-refractivity contribution in [1.82, 2.24) is 14.5 Å². The first-order valence-electron chi connectivity index (χ1n) is 5.92. The number of carbonyl (C=O) groups is 1. The van der Waals surface area contributed by atoms with Gasteiger partial charge in [0.15, 0.2) is 5.52 Å². The third-order valence-corrected chi connectivity index (χ3v) is 2.93. The first-order valence-corrected chi connectivity index (χ1v) is 5.92. The van der Waals surface area contributed by atoms with E-state index in [-0.39, 0.29) is 5.56 Å². The molecule has 0 atom stereocenters. The lowest BCUT2D eigenvalue weighted by Crippen LogP contribution is -1.96. The zero-order chi connectivity index (χ0) is 14.1. The number of carboxylic acids is 1. The highest BCUT2D eigenvalue weighted by molar-refractivity contribution is 5.87. The number of aromatic carboxylic acids is 1. The van der Waals surface area contributed by atoms with Crippen molar-refractivity contribution in [3.63, 3.8) is 0 Å². The zero-order valence-electron chi connectivity index (χ0n) is 10.6. The van der Waals surface area contributed by atoms with Crippen molar-refractivity contribution in [2.45, 2.75) is 0 Å². The van der Waals surface area contributed by atoms with E-state index in [1.165, 1.54) is 12.1 Å². The second kappa shape index (κ2) is 4.65. The standard InChI is InChI=1S/C14H11N3O3/c1-17-8-16-12-11(17)6-7-15-13(12)20-10-4-2-9(3-5-10)14(18)19/h2-8H,1H3,(H,18,19). The van der Waals surface area contributed by atoms with Crippen LogP contribution in [0.2, 0.25) is 0 Å². The van der Waals surface area contributed by atoms with Crippen LogP contribution in [0.15, 0.2) is 42.9 Å². The first kappa shape index (κ1) is 12.2. The number of carboxylic acid groups (broad SMARTS) is 1. The average Bonchev–Trinajstić information content (AvgIpc) is 2.82. The predicted molar refractivity (Wildman–Crippen MR) is 72.0 cm³/mol. The van der Waals surface area contributed by atoms with E-state index in [0.29, 0.717) is 17.1 Å². The lowest BCUT2D eigenvalue weighted by molar-refractivity contribution is 0.0697. The van der Waals surface area contributed by atoms with Crippen LogP contribution in [0.5, 0.6) is 11.6 Å². The van der Waals surface area contributed by atoms with Crippen LogP contribution in [-0.2, 0) is 7.05 Å². The van der Waals surface area contributed by atoms with Crippen molar-refractivity contribution in [2.75, 3.05) is 0 Å². The minimum atomic E-state index is -0.971. The Morgan fingerprint density at radius 1 is 1.20 bits per heavy atom. The van der Waals surface area contributed by atoms with E-state index in [9.17, 15) is 4.79 Å². The molecule has 3 rings (SSSR count). The van der Waals surface area contributed by atoms with Crippen LogP contribution in [0.3, 0.4) is 0 Å². The molecule has 6 nitrogen and oxygen atoms in total. The van der Waals surface area contributed by atoms with E-state index in [1.54, 1.807) is 24.7 Å². The van der Waals surface area contributed by atoms with Crippen molar-refractivity contribution in [1.29, 1.82) is 0 Å². The molecule has 1 aromatic carbocycles. The van der Waals surface area contributed by atoms with Gasteiger partial charge in [0.25, 0.3) is 0 Å². The van der Waals surface area contributed by atoms with Gasteiger partial charge in [-0.15, -0.1) is 0 Å². The maximum Gasteiger partial charge on any atom is 0.335 e. The molecule has 0 unspecified atom stereocenters. The summed E-state index contributed by atoms with van der Waals surface area (Å²) in [7, 11) is 1.89. The van der Waals surface area contributed by atoms with Gasteiger partial charge in [-0.1, -0.05) is 0 Å². The van der Waals surface area contributed by atoms with Gasteiger partial charge in [-0.3, -0.25) is 0 Å². The summed E-state index contributed by atoms with van der Waals surface area (Å²) in [6, 6.07) is 8.00. The number of nitrogens with zero attached hydrogens (tertiary/aromatic N) is 3. The molecule has 20 heavy (non-hydrogen) atoms. The maximum absolute atomic E-state index is 10.8. The summed E-state index contributed by atoms with van der Waals surface area (Å²) in [5, 5.41) is 8.84. The van der Waals surface area contributed by atoms with Crippen LogP contribution >= 0.6 is 0 Å². The predicted octanol–water partition coefficient (Wildman–Crippen LogP) is 2.46. The average molecular weight is 269 g/mol. The molecule has 0 amide bonds. The van der Waals surface area contributed by atoms with Crippen LogP contribution in [0, 0.1) is 0 Å². The van der Waals surface area contributed by atoms with Gasteiger partial charge in [-0.25, -0.2) is 14.8 Å². The van der Waals surface area contributed by atoms with Gasteiger partial charge in [0, 0.05) is 13.2 Å². The van der Waals surface area contributed by atoms with Gasteiger partial charge >= 0.3 is 5.97 Å². The van der Waals surface area contributed by atoms with Crippen LogP contribution in [0.4, 0.5) is 0 Å². The summed E-state index contributed by atoms with van der Waals surface area (Å²) in [4.78, 5) is 19.2. The molecule has 0 bridgehead atoms. The SMILES string of the molecule is Cn1cnc2c(Oc3ccc(C(=O)O)cc3)nccc21. The largest absolute Gasteiger partial charge is 0.478 e. The highest BCUT2D eigenvalue weighted by Crippen LogP contribution is 2.26. The van der Waals surface area contributed by atoms with E-state index in [4.69, 9.17) is 9.84 Å². The van der Waals surface area contributed by atoms with Gasteiger partial charge in [0.05, 0.1) is 17.4 Å². The molecule has 0 saturated heterocycles. The number of hydrogen-bond acceptors (Lipinski definition) is 4. The molecule has 0 aliphatic carbocycles. The molecule has 3 aromatic rings. The number of aryl methyl sites for hydroxylation is 1. The third kappa shape index (κ3) is 2.07. The molecule has 2 heterocycles. The second-order valence-electron chi connectivity index (χ2n) is 4.27. The third-order valence-electron chi connectivity index (χ3n) is 2.93. The Hall–Kier alpha value is -2.89. The van der Waals surface area contributed by atoms with E-state index >= 15 is 0 Å². The quantitative estimate of drug-likeness (QED) is 0.790. The number of fused-ring (bicyclic) bond motifs is 1. The molecule has 100 valence electrons. The number of aromatic nitrogens is 3. The number of imidazole rings is 1. The molecule has 0 spiro atoms. The smallest absolute Gasteiger partial charge is 0.335 e. The number of ether oxygens (including phenoxy) is 1. The Morgan fingerprint density at radius 2 is 1.95 bits per heavy atom. The molecular formula is C14H11N3O3. The lowest BCUT2D eigenvalue weighted by Gasteiger charge is -2.05. The monoisotopic (exact) mass is 269 g/mol. The van der Waals surface area contributed by atoms with E-state index in [2.05, 4.69) is 9.97 Å². The fraction of sp³-hybridized carbons (Fsp3) is 0.0714. The van der Waals surface area contributed by atoms with Gasteiger partial charge in [0.1, 0.15) is 5.75 Å². The van der Waals surface area contributed by atoms with Crippen LogP contribution in [-0.4, -0.2) is 25.6 Å². The molecule has 0 fully saturated rings. The van der Waals surface area contributed by atoms with Crippen LogP contribution < -0.4 is 4.74 Å². The Balaban J connectivity index is 1.95. The fourth-order valence-electron chi connectivity index (χ4n) is 1.89. The van der Waals surface area contributed by atoms with Gasteiger partial charge in [-0.05, 0) is 30.3 Å². The minimum Gasteiger partial charge on any atom is -0.478 e. The second-order valence-corrected chi connectivity index (χ2v) is 4.27. The number of pyridine rings is 1. The first-order chi connectivity index (χ1) is 9.65. The fourth-order valence-corrected chi connectivity index (χ4v) is 1.89. The molecule has 0 saturated carbocycles. The summed E-state index contributed by atoms with van der Waals surface area (Å²) in [6.45, 7) is 0. The molecule has 2 aromatic heterocycles. The lowest BCUT2D eigenvalue weighted by atomic mass is 10.2. The van der Waals surface area contributed by atoms with Crippen LogP contribution in [0.25, 0.3) is 11.0 Å². The van der Waals surface area contributed by atoms with Crippen molar-refractivity contribution in [2.24, 2.45) is 7.05 Å². The van der Waals surface area contributed by atoms with E-state index in [0.717, 1.165) is 5.52 Å². The summed E-state index contributed by atoms with van der Waals surface area (Å²) < 4.78 is 7.53. The minimum absolute atomic E-state index is 0.210. The molecule has 1 N–H and O–H groups in total. The Labute approximate surface area is 114 Å². The van der Waals surface area contributed by atoms with Crippen molar-refractivity contribution in [3.8, 4) is 11.6 Å². The summed E-state index contributed by atoms with van der Waals surface area (Å²) in [5.74, 6) is -0.0617. The van der Waals surface area contributed by atoms with Crippen molar-refractivity contribution >= 4 is 17.0 Å². The molecular weight excluding hydrogens is 258 g/mol. The van der Waals surface area contributed by atoms with Gasteiger partial charge in [-0.2, -0.15) is 0 Å². The molecule has 6 heteroatoms. The highest BCUT2D eigenvalue weighted by Gasteiger charge is 2.09. The van der Waals surface area contributed by atoms with E-state index < -0.39 is 5.97 Å². The van der Waals surface area contributed by atoms with Gasteiger partial charge < -0.3 is 14.4 Å². The summed E-state index contributed by atoms with van der Waals surface area (Å²) >= 11 is 0. The Kier molecular flexibility index (Phi) is 2.83. The molecule has 0 aliphatic rings. The summed E-state index contributed by atoms with van der Waals surface area (Å²) in [5.41, 5.74) is 1.79. The number of benzene rings is 1. The van der Waals surface area contributed by atoms with E-state index in [1.807, 2.05) is 17.7 Å². The number of rotatable bonds is 3. The molecule has 0 aliphatic heterocycles. The summed E-state index contributed by atoms with van der Waals surface area (Å²) in [6.07, 6.45) is 3.33. The van der Waals surface area contributed by atoms with Crippen LogP contribution in [0.1, 0.15) is 10.4 Å². The number of hydrogen-bond donors (Lipinski definition) is 1. The molecule has 0 radical (unpaired) electrons. The van der Waals surface area contributed by atoms with Crippen molar-refractivity contribution in [3.05, 3.63) is 48.4 Å². The highest BCUT2D eigenvalue weighted by atomic mass is 16.5. The Bertz CT molecular complexity index is 778. The Morgan fingerprint density at radius 3 is 2.65 bits per heavy atom. The van der Waals surface area contributed by atoms with Crippen molar-refractivity contribution < 1.29 is 14.6 Å². The topological polar surface area (TPSA) is 77.2 Å².